The molecule has 0 aliphatic heterocycles. The quantitative estimate of drug-likeness (QED) is 0.337. The lowest BCUT2D eigenvalue weighted by molar-refractivity contribution is -0.0718. The van der Waals surface area contributed by atoms with E-state index >= 15 is 0 Å². The lowest BCUT2D eigenvalue weighted by Gasteiger charge is -2.57. The zero-order valence-electron chi connectivity index (χ0n) is 20.9. The van der Waals surface area contributed by atoms with Crippen molar-refractivity contribution in [2.24, 2.45) is 46.8 Å². The van der Waals surface area contributed by atoms with E-state index in [1.54, 1.807) is 12.8 Å². The summed E-state index contributed by atoms with van der Waals surface area (Å²) in [6.45, 7) is 4.66. The van der Waals surface area contributed by atoms with Crippen molar-refractivity contribution in [3.05, 3.63) is 0 Å². The zero-order chi connectivity index (χ0) is 21.7. The first-order chi connectivity index (χ1) is 15.2. The Labute approximate surface area is 194 Å². The molecule has 0 aromatic heterocycles. The molecule has 0 saturated heterocycles. The molecule has 0 amide bonds. The second-order valence-corrected chi connectivity index (χ2v) is 12.4. The van der Waals surface area contributed by atoms with Crippen LogP contribution in [0.3, 0.4) is 0 Å². The molecule has 0 spiro atoms. The normalized spacial score (nSPS) is 42.2. The summed E-state index contributed by atoms with van der Waals surface area (Å²) in [5.74, 6) is 7.11. The molecular weight excluding hydrogens is 374 g/mol. The summed E-state index contributed by atoms with van der Waals surface area (Å²) >= 11 is 0. The minimum absolute atomic E-state index is 0.0352. The second-order valence-electron chi connectivity index (χ2n) is 12.4. The van der Waals surface area contributed by atoms with Crippen molar-refractivity contribution in [2.45, 2.75) is 136 Å². The minimum Gasteiger partial charge on any atom is -0.198 e. The fourth-order valence-electron chi connectivity index (χ4n) is 9.25. The summed E-state index contributed by atoms with van der Waals surface area (Å²) in [6.07, 6.45) is 26.7. The van der Waals surface area contributed by atoms with E-state index in [9.17, 15) is 5.26 Å². The Morgan fingerprint density at radius 3 is 2.23 bits per heavy atom. The van der Waals surface area contributed by atoms with Gasteiger partial charge in [-0.3, -0.25) is 0 Å². The highest BCUT2D eigenvalue weighted by Gasteiger charge is 2.52. The highest BCUT2D eigenvalue weighted by atomic mass is 14.6. The molecule has 4 aliphatic carbocycles. The van der Waals surface area contributed by atoms with E-state index in [1.165, 1.54) is 109 Å². The van der Waals surface area contributed by atoms with Gasteiger partial charge in [0.1, 0.15) is 0 Å². The van der Waals surface area contributed by atoms with Gasteiger partial charge in [-0.15, -0.1) is 0 Å². The SMILES string of the molecule is CCCCCCC[C@]1(C#N)CCC2C(CCC3C2CCC2C3CCC[C@@H]2CCCC)C1. The van der Waals surface area contributed by atoms with Crippen molar-refractivity contribution >= 4 is 0 Å². The van der Waals surface area contributed by atoms with Crippen molar-refractivity contribution < 1.29 is 0 Å². The van der Waals surface area contributed by atoms with Crippen LogP contribution in [0.1, 0.15) is 136 Å². The first-order valence-corrected chi connectivity index (χ1v) is 14.6. The first kappa shape index (κ1) is 23.6. The van der Waals surface area contributed by atoms with Crippen molar-refractivity contribution in [3.8, 4) is 6.07 Å². The molecule has 176 valence electrons. The first-order valence-electron chi connectivity index (χ1n) is 14.6. The van der Waals surface area contributed by atoms with Crippen LogP contribution in [0, 0.1) is 58.2 Å². The summed E-state index contributed by atoms with van der Waals surface area (Å²) < 4.78 is 0. The van der Waals surface area contributed by atoms with Crippen LogP contribution < -0.4 is 0 Å². The molecule has 0 aromatic carbocycles. The van der Waals surface area contributed by atoms with E-state index in [-0.39, 0.29) is 5.41 Å². The van der Waals surface area contributed by atoms with E-state index in [1.807, 2.05) is 0 Å². The van der Waals surface area contributed by atoms with Gasteiger partial charge in [0.2, 0.25) is 0 Å². The number of hydrogen-bond donors (Lipinski definition) is 0. The van der Waals surface area contributed by atoms with Crippen molar-refractivity contribution in [1.82, 2.24) is 0 Å². The molecule has 4 fully saturated rings. The van der Waals surface area contributed by atoms with Crippen molar-refractivity contribution in [3.63, 3.8) is 0 Å². The maximum atomic E-state index is 10.2. The molecular formula is C30H51N. The molecule has 4 aliphatic rings. The Kier molecular flexibility index (Phi) is 8.45. The number of nitriles is 1. The average molecular weight is 426 g/mol. The Morgan fingerprint density at radius 2 is 1.42 bits per heavy atom. The van der Waals surface area contributed by atoms with Gasteiger partial charge in [0, 0.05) is 0 Å². The summed E-state index contributed by atoms with van der Waals surface area (Å²) in [5, 5.41) is 10.2. The number of nitrogens with zero attached hydrogens (tertiary/aromatic N) is 1. The van der Waals surface area contributed by atoms with Crippen LogP contribution in [0.5, 0.6) is 0 Å². The molecule has 1 nitrogen and oxygen atoms in total. The fourth-order valence-corrected chi connectivity index (χ4v) is 9.25. The third-order valence-corrected chi connectivity index (χ3v) is 10.8. The van der Waals surface area contributed by atoms with Crippen LogP contribution in [-0.2, 0) is 0 Å². The van der Waals surface area contributed by atoms with Gasteiger partial charge in [-0.05, 0) is 99.2 Å². The highest BCUT2D eigenvalue weighted by molar-refractivity contribution is 5.07. The molecule has 4 rings (SSSR count). The molecule has 8 atom stereocenters. The van der Waals surface area contributed by atoms with Crippen molar-refractivity contribution in [1.29, 1.82) is 5.26 Å². The Bertz CT molecular complexity index is 590. The van der Waals surface area contributed by atoms with E-state index in [4.69, 9.17) is 0 Å². The van der Waals surface area contributed by atoms with E-state index in [2.05, 4.69) is 19.9 Å². The summed E-state index contributed by atoms with van der Waals surface area (Å²) in [7, 11) is 0. The minimum atomic E-state index is 0.0352. The van der Waals surface area contributed by atoms with Crippen LogP contribution in [0.25, 0.3) is 0 Å². The van der Waals surface area contributed by atoms with E-state index in [0.717, 1.165) is 41.4 Å². The molecule has 6 unspecified atom stereocenters. The number of hydrogen-bond acceptors (Lipinski definition) is 1. The van der Waals surface area contributed by atoms with Gasteiger partial charge in [0.05, 0.1) is 11.5 Å². The van der Waals surface area contributed by atoms with Crippen LogP contribution in [0.4, 0.5) is 0 Å². The Hall–Kier alpha value is -0.510. The molecule has 31 heavy (non-hydrogen) atoms. The third kappa shape index (κ3) is 5.20. The molecule has 4 saturated carbocycles. The maximum Gasteiger partial charge on any atom is 0.0689 e. The standard InChI is InChI=1S/C30H51N/c1-3-5-7-8-9-19-30(22-31)20-18-26-24(21-30)14-15-29-27-13-10-12-23(11-6-4-2)25(27)16-17-28(26)29/h23-29H,3-21H2,1-2H3/t23-,24?,25?,26?,27?,28?,29?,30-/m0/s1. The lowest BCUT2D eigenvalue weighted by atomic mass is 9.48. The van der Waals surface area contributed by atoms with Crippen LogP contribution >= 0.6 is 0 Å². The predicted molar refractivity (Wildman–Crippen MR) is 132 cm³/mol. The molecule has 0 aromatic rings. The number of rotatable bonds is 9. The Balaban J connectivity index is 1.35. The monoisotopic (exact) mass is 425 g/mol. The summed E-state index contributed by atoms with van der Waals surface area (Å²) in [5.41, 5.74) is 0.0352. The summed E-state index contributed by atoms with van der Waals surface area (Å²) in [4.78, 5) is 0. The number of unbranched alkanes of at least 4 members (excludes halogenated alkanes) is 5. The van der Waals surface area contributed by atoms with Gasteiger partial charge in [-0.25, -0.2) is 0 Å². The van der Waals surface area contributed by atoms with E-state index in [0.29, 0.717) is 0 Å². The topological polar surface area (TPSA) is 23.8 Å². The maximum absolute atomic E-state index is 10.2. The van der Waals surface area contributed by atoms with Gasteiger partial charge >= 0.3 is 0 Å². The predicted octanol–water partition coefficient (Wildman–Crippen LogP) is 9.32. The lowest BCUT2D eigenvalue weighted by Crippen LogP contribution is -2.49. The Morgan fingerprint density at radius 1 is 0.710 bits per heavy atom. The molecule has 0 N–H and O–H groups in total. The van der Waals surface area contributed by atoms with Gasteiger partial charge < -0.3 is 0 Å². The fraction of sp³-hybridized carbons (Fsp3) is 0.967. The van der Waals surface area contributed by atoms with Crippen molar-refractivity contribution in [2.75, 3.05) is 0 Å². The third-order valence-electron chi connectivity index (χ3n) is 10.8. The van der Waals surface area contributed by atoms with Gasteiger partial charge in [0.15, 0.2) is 0 Å². The van der Waals surface area contributed by atoms with Gasteiger partial charge in [-0.1, -0.05) is 78.1 Å². The molecule has 0 bridgehead atoms. The highest BCUT2D eigenvalue weighted by Crippen LogP contribution is 2.60. The largest absolute Gasteiger partial charge is 0.198 e. The molecule has 0 heterocycles. The second kappa shape index (κ2) is 11.1. The number of fused-ring (bicyclic) bond motifs is 5. The molecule has 1 heteroatoms. The van der Waals surface area contributed by atoms with Crippen LogP contribution in [0.2, 0.25) is 0 Å². The average Bonchev–Trinajstić information content (AvgIpc) is 2.81. The van der Waals surface area contributed by atoms with Gasteiger partial charge in [-0.2, -0.15) is 5.26 Å². The zero-order valence-corrected chi connectivity index (χ0v) is 20.9. The van der Waals surface area contributed by atoms with Crippen LogP contribution in [-0.4, -0.2) is 0 Å². The van der Waals surface area contributed by atoms with E-state index < -0.39 is 0 Å². The molecule has 0 radical (unpaired) electrons. The summed E-state index contributed by atoms with van der Waals surface area (Å²) in [6, 6.07) is 2.88. The van der Waals surface area contributed by atoms with Gasteiger partial charge in [0.25, 0.3) is 0 Å². The van der Waals surface area contributed by atoms with Crippen LogP contribution in [0.15, 0.2) is 0 Å². The smallest absolute Gasteiger partial charge is 0.0689 e.